The third-order valence-electron chi connectivity index (χ3n) is 3.09. The first-order valence-corrected chi connectivity index (χ1v) is 6.15. The van der Waals surface area contributed by atoms with Gasteiger partial charge in [0.05, 0.1) is 38.4 Å². The lowest BCUT2D eigenvalue weighted by Gasteiger charge is -2.21. The summed E-state index contributed by atoms with van der Waals surface area (Å²) in [6, 6.07) is 9.27. The van der Waals surface area contributed by atoms with Crippen LogP contribution in [0.3, 0.4) is 0 Å². The molecule has 0 spiro atoms. The van der Waals surface area contributed by atoms with Crippen LogP contribution in [0.5, 0.6) is 5.75 Å². The molecule has 2 rings (SSSR count). The lowest BCUT2D eigenvalue weighted by atomic mass is 10.1. The van der Waals surface area contributed by atoms with Gasteiger partial charge in [-0.1, -0.05) is 0 Å². The average Bonchev–Trinajstić information content (AvgIpc) is 2.91. The van der Waals surface area contributed by atoms with Crippen molar-refractivity contribution in [3.63, 3.8) is 0 Å². The Bertz CT molecular complexity index is 560. The molecule has 1 aromatic rings. The van der Waals surface area contributed by atoms with E-state index in [-0.39, 0.29) is 12.5 Å². The van der Waals surface area contributed by atoms with Crippen molar-refractivity contribution in [2.75, 3.05) is 19.2 Å². The molecule has 1 heterocycles. The summed E-state index contributed by atoms with van der Waals surface area (Å²) in [4.78, 5) is 11.6. The minimum absolute atomic E-state index is 0.150. The highest BCUT2D eigenvalue weighted by Crippen LogP contribution is 2.28. The number of esters is 1. The van der Waals surface area contributed by atoms with E-state index in [1.165, 1.54) is 7.11 Å². The van der Waals surface area contributed by atoms with Crippen LogP contribution in [-0.4, -0.2) is 31.9 Å². The smallest absolute Gasteiger partial charge is 0.354 e. The summed E-state index contributed by atoms with van der Waals surface area (Å²) in [6.07, 6.45) is 0.697. The monoisotopic (exact) mass is 273 g/mol. The zero-order valence-electron chi connectivity index (χ0n) is 11.4. The van der Waals surface area contributed by atoms with Gasteiger partial charge in [0.2, 0.25) is 0 Å². The highest BCUT2D eigenvalue weighted by Gasteiger charge is 2.31. The van der Waals surface area contributed by atoms with Crippen LogP contribution < -0.4 is 9.75 Å². The number of rotatable bonds is 4. The van der Waals surface area contributed by atoms with Crippen LogP contribution in [0.25, 0.3) is 0 Å². The van der Waals surface area contributed by atoms with Gasteiger partial charge in [0.15, 0.2) is 0 Å². The molecule has 104 valence electrons. The van der Waals surface area contributed by atoms with E-state index in [0.29, 0.717) is 12.1 Å². The molecule has 0 saturated carbocycles. The molecule has 20 heavy (non-hydrogen) atoms. The van der Waals surface area contributed by atoms with Gasteiger partial charge < -0.3 is 9.47 Å². The maximum Gasteiger partial charge on any atom is 0.354 e. The molecular formula is C14H15N3O3. The molecule has 1 aromatic carbocycles. The van der Waals surface area contributed by atoms with Crippen molar-refractivity contribution in [2.45, 2.75) is 18.9 Å². The van der Waals surface area contributed by atoms with Crippen LogP contribution >= 0.6 is 0 Å². The number of carbonyl (C=O) groups excluding carboxylic acids is 1. The Morgan fingerprint density at radius 1 is 1.45 bits per heavy atom. The highest BCUT2D eigenvalue weighted by atomic mass is 16.5. The number of hydrazone groups is 1. The average molecular weight is 273 g/mol. The van der Waals surface area contributed by atoms with E-state index >= 15 is 0 Å². The van der Waals surface area contributed by atoms with E-state index in [9.17, 15) is 4.79 Å². The van der Waals surface area contributed by atoms with Crippen molar-refractivity contribution in [2.24, 2.45) is 5.10 Å². The number of nitriles is 1. The zero-order chi connectivity index (χ0) is 14.5. The SMILES string of the molecule is COC(=O)C1=NN(c2ccc(OC)cc2)C(CC#N)C1. The van der Waals surface area contributed by atoms with Crippen LogP contribution in [0, 0.1) is 11.3 Å². The van der Waals surface area contributed by atoms with E-state index in [4.69, 9.17) is 10.00 Å². The highest BCUT2D eigenvalue weighted by molar-refractivity contribution is 6.37. The van der Waals surface area contributed by atoms with E-state index in [0.717, 1.165) is 11.4 Å². The summed E-state index contributed by atoms with van der Waals surface area (Å²) in [5.74, 6) is 0.283. The zero-order valence-corrected chi connectivity index (χ0v) is 11.4. The van der Waals surface area contributed by atoms with Crippen molar-refractivity contribution in [3.05, 3.63) is 24.3 Å². The molecule has 0 bridgehead atoms. The van der Waals surface area contributed by atoms with Crippen LogP contribution in [0.4, 0.5) is 5.69 Å². The summed E-state index contributed by atoms with van der Waals surface area (Å²) in [6.45, 7) is 0. The summed E-state index contributed by atoms with van der Waals surface area (Å²) in [5, 5.41) is 14.8. The first-order valence-electron chi connectivity index (χ1n) is 6.15. The van der Waals surface area contributed by atoms with Gasteiger partial charge in [-0.05, 0) is 24.3 Å². The predicted octanol–water partition coefficient (Wildman–Crippen LogP) is 1.72. The predicted molar refractivity (Wildman–Crippen MR) is 73.6 cm³/mol. The first kappa shape index (κ1) is 13.9. The maximum absolute atomic E-state index is 11.6. The third-order valence-corrected chi connectivity index (χ3v) is 3.09. The van der Waals surface area contributed by atoms with E-state index in [1.54, 1.807) is 12.1 Å². The van der Waals surface area contributed by atoms with Gasteiger partial charge in [0.25, 0.3) is 0 Å². The molecule has 0 amide bonds. The van der Waals surface area contributed by atoms with Gasteiger partial charge in [-0.15, -0.1) is 0 Å². The fourth-order valence-electron chi connectivity index (χ4n) is 2.07. The topological polar surface area (TPSA) is 74.9 Å². The Balaban J connectivity index is 2.27. The number of hydrogen-bond donors (Lipinski definition) is 0. The summed E-state index contributed by atoms with van der Waals surface area (Å²) < 4.78 is 9.78. The van der Waals surface area contributed by atoms with Gasteiger partial charge in [-0.25, -0.2) is 4.79 Å². The molecular weight excluding hydrogens is 258 g/mol. The lowest BCUT2D eigenvalue weighted by Crippen LogP contribution is -2.26. The van der Waals surface area contributed by atoms with Gasteiger partial charge >= 0.3 is 5.97 Å². The van der Waals surface area contributed by atoms with E-state index < -0.39 is 5.97 Å². The Morgan fingerprint density at radius 2 is 2.15 bits per heavy atom. The standard InChI is InChI=1S/C14H15N3O3/c1-19-12-5-3-10(4-6-12)17-11(7-8-15)9-13(16-17)14(18)20-2/h3-6,11H,7,9H2,1-2H3. The summed E-state index contributed by atoms with van der Waals surface area (Å²) in [7, 11) is 2.91. The quantitative estimate of drug-likeness (QED) is 0.781. The number of carbonyl (C=O) groups is 1. The molecule has 0 fully saturated rings. The van der Waals surface area contributed by atoms with Crippen molar-refractivity contribution in [1.82, 2.24) is 0 Å². The molecule has 1 unspecified atom stereocenters. The molecule has 0 radical (unpaired) electrons. The summed E-state index contributed by atoms with van der Waals surface area (Å²) in [5.41, 5.74) is 1.15. The Morgan fingerprint density at radius 3 is 2.70 bits per heavy atom. The second kappa shape index (κ2) is 6.06. The molecule has 1 atom stereocenters. The Labute approximate surface area is 117 Å². The van der Waals surface area contributed by atoms with Gasteiger partial charge in [-0.2, -0.15) is 10.4 Å². The second-order valence-electron chi connectivity index (χ2n) is 4.30. The van der Waals surface area contributed by atoms with Gasteiger partial charge in [0.1, 0.15) is 11.5 Å². The molecule has 0 saturated heterocycles. The van der Waals surface area contributed by atoms with Crippen LogP contribution in [0.15, 0.2) is 29.4 Å². The lowest BCUT2D eigenvalue weighted by molar-refractivity contribution is -0.132. The molecule has 0 aromatic heterocycles. The molecule has 0 N–H and O–H groups in total. The van der Waals surface area contributed by atoms with Crippen molar-refractivity contribution < 1.29 is 14.3 Å². The second-order valence-corrected chi connectivity index (χ2v) is 4.30. The van der Waals surface area contributed by atoms with Crippen LogP contribution in [0.1, 0.15) is 12.8 Å². The molecule has 6 heteroatoms. The Hall–Kier alpha value is -2.55. The van der Waals surface area contributed by atoms with Crippen LogP contribution in [-0.2, 0) is 9.53 Å². The fraction of sp³-hybridized carbons (Fsp3) is 0.357. The number of anilines is 1. The fourth-order valence-corrected chi connectivity index (χ4v) is 2.07. The van der Waals surface area contributed by atoms with E-state index in [1.807, 2.05) is 24.3 Å². The largest absolute Gasteiger partial charge is 0.497 e. The maximum atomic E-state index is 11.6. The molecule has 1 aliphatic rings. The number of ether oxygens (including phenoxy) is 2. The van der Waals surface area contributed by atoms with E-state index in [2.05, 4.69) is 15.9 Å². The van der Waals surface area contributed by atoms with Crippen LogP contribution in [0.2, 0.25) is 0 Å². The van der Waals surface area contributed by atoms with Crippen molar-refractivity contribution in [1.29, 1.82) is 5.26 Å². The number of nitrogens with zero attached hydrogens (tertiary/aromatic N) is 3. The molecule has 6 nitrogen and oxygen atoms in total. The minimum Gasteiger partial charge on any atom is -0.497 e. The number of methoxy groups -OCH3 is 2. The number of hydrogen-bond acceptors (Lipinski definition) is 6. The Kier molecular flexibility index (Phi) is 4.20. The van der Waals surface area contributed by atoms with Gasteiger partial charge in [-0.3, -0.25) is 5.01 Å². The summed E-state index contributed by atoms with van der Waals surface area (Å²) >= 11 is 0. The molecule has 1 aliphatic heterocycles. The van der Waals surface area contributed by atoms with Crippen molar-refractivity contribution >= 4 is 17.4 Å². The van der Waals surface area contributed by atoms with Crippen molar-refractivity contribution in [3.8, 4) is 11.8 Å². The van der Waals surface area contributed by atoms with Gasteiger partial charge in [0, 0.05) is 6.42 Å². The number of benzene rings is 1. The normalized spacial score (nSPS) is 17.4. The molecule has 0 aliphatic carbocycles. The minimum atomic E-state index is -0.455. The first-order chi connectivity index (χ1) is 9.69. The third kappa shape index (κ3) is 2.72.